The number of aliphatic imine (C=N–C) groups is 1. The van der Waals surface area contributed by atoms with E-state index >= 15 is 0 Å². The Labute approximate surface area is 183 Å². The molecule has 0 atom stereocenters. The number of hydrogen-bond acceptors (Lipinski definition) is 7. The van der Waals surface area contributed by atoms with Crippen molar-refractivity contribution in [1.29, 1.82) is 0 Å². The summed E-state index contributed by atoms with van der Waals surface area (Å²) in [6, 6.07) is 12.2. The standard InChI is InChI=1S/C22H20ClNO5S/c1-4-29-22(26)19-20(25)18(11-13-10-16(27-2)8-9-17(13)28-3)30-21(19)24-15-7-5-6-14(23)12-15/h5-12,25H,4H2,1-3H3. The highest BCUT2D eigenvalue weighted by Gasteiger charge is 2.33. The molecule has 2 aromatic carbocycles. The van der Waals surface area contributed by atoms with Gasteiger partial charge >= 0.3 is 5.97 Å². The molecule has 156 valence electrons. The van der Waals surface area contributed by atoms with Crippen molar-refractivity contribution in [3.8, 4) is 11.5 Å². The van der Waals surface area contributed by atoms with Gasteiger partial charge in [0.2, 0.25) is 0 Å². The summed E-state index contributed by atoms with van der Waals surface area (Å²) in [5, 5.41) is 11.6. The van der Waals surface area contributed by atoms with Gasteiger partial charge in [0.05, 0.1) is 31.4 Å². The van der Waals surface area contributed by atoms with Crippen LogP contribution in [0.1, 0.15) is 12.5 Å². The van der Waals surface area contributed by atoms with Crippen molar-refractivity contribution in [3.63, 3.8) is 0 Å². The molecule has 3 rings (SSSR count). The van der Waals surface area contributed by atoms with E-state index in [4.69, 9.17) is 25.8 Å². The predicted molar refractivity (Wildman–Crippen MR) is 120 cm³/mol. The van der Waals surface area contributed by atoms with Gasteiger partial charge in [0.15, 0.2) is 0 Å². The van der Waals surface area contributed by atoms with Gasteiger partial charge in [-0.15, -0.1) is 0 Å². The van der Waals surface area contributed by atoms with E-state index in [9.17, 15) is 9.90 Å². The van der Waals surface area contributed by atoms with E-state index < -0.39 is 5.97 Å². The number of nitrogens with zero attached hydrogens (tertiary/aromatic N) is 1. The van der Waals surface area contributed by atoms with Crippen LogP contribution < -0.4 is 9.47 Å². The highest BCUT2D eigenvalue weighted by Crippen LogP contribution is 2.41. The van der Waals surface area contributed by atoms with Crippen molar-refractivity contribution >= 4 is 46.1 Å². The summed E-state index contributed by atoms with van der Waals surface area (Å²) >= 11 is 7.20. The van der Waals surface area contributed by atoms with Crippen molar-refractivity contribution in [2.45, 2.75) is 6.92 Å². The minimum Gasteiger partial charge on any atom is -0.506 e. The maximum Gasteiger partial charge on any atom is 0.344 e. The largest absolute Gasteiger partial charge is 0.506 e. The summed E-state index contributed by atoms with van der Waals surface area (Å²) in [7, 11) is 3.12. The van der Waals surface area contributed by atoms with Crippen LogP contribution in [0.15, 0.2) is 63.7 Å². The lowest BCUT2D eigenvalue weighted by molar-refractivity contribution is -0.138. The molecule has 8 heteroatoms. The maximum absolute atomic E-state index is 12.5. The molecule has 1 aliphatic heterocycles. The summed E-state index contributed by atoms with van der Waals surface area (Å²) in [6.07, 6.45) is 1.71. The van der Waals surface area contributed by atoms with Gasteiger partial charge in [-0.1, -0.05) is 29.4 Å². The second-order valence-corrected chi connectivity index (χ2v) is 7.53. The fourth-order valence-corrected chi connectivity index (χ4v) is 3.96. The molecule has 0 unspecified atom stereocenters. The average molecular weight is 446 g/mol. The smallest absolute Gasteiger partial charge is 0.344 e. The Hall–Kier alpha value is -2.90. The molecule has 6 nitrogen and oxygen atoms in total. The normalized spacial score (nSPS) is 16.3. The number of halogens is 1. The minimum atomic E-state index is -0.649. The molecule has 0 saturated heterocycles. The lowest BCUT2D eigenvalue weighted by Gasteiger charge is -2.08. The number of aliphatic hydroxyl groups is 1. The fraction of sp³-hybridized carbons (Fsp3) is 0.182. The number of ether oxygens (including phenoxy) is 3. The van der Waals surface area contributed by atoms with Gasteiger partial charge in [-0.2, -0.15) is 0 Å². The first kappa shape index (κ1) is 21.8. The monoisotopic (exact) mass is 445 g/mol. The zero-order valence-electron chi connectivity index (χ0n) is 16.6. The van der Waals surface area contributed by atoms with Gasteiger partial charge in [0.25, 0.3) is 0 Å². The van der Waals surface area contributed by atoms with Crippen molar-refractivity contribution in [2.24, 2.45) is 4.99 Å². The first-order valence-electron chi connectivity index (χ1n) is 9.03. The van der Waals surface area contributed by atoms with E-state index in [-0.39, 0.29) is 17.9 Å². The summed E-state index contributed by atoms with van der Waals surface area (Å²) in [6.45, 7) is 1.87. The molecular formula is C22H20ClNO5S. The van der Waals surface area contributed by atoms with Crippen LogP contribution in [0, 0.1) is 0 Å². The van der Waals surface area contributed by atoms with E-state index in [1.807, 2.05) is 0 Å². The van der Waals surface area contributed by atoms with Crippen LogP contribution in [0.25, 0.3) is 6.08 Å². The van der Waals surface area contributed by atoms with Gasteiger partial charge < -0.3 is 19.3 Å². The molecule has 2 aromatic rings. The van der Waals surface area contributed by atoms with E-state index in [0.717, 1.165) is 11.8 Å². The number of aliphatic hydroxyl groups excluding tert-OH is 1. The minimum absolute atomic E-state index is 0.00920. The Balaban J connectivity index is 2.09. The Morgan fingerprint density at radius 2 is 2.00 bits per heavy atom. The molecule has 1 N–H and O–H groups in total. The van der Waals surface area contributed by atoms with E-state index in [1.165, 1.54) is 0 Å². The molecule has 0 radical (unpaired) electrons. The Morgan fingerprint density at radius 1 is 1.20 bits per heavy atom. The Morgan fingerprint density at radius 3 is 2.67 bits per heavy atom. The number of methoxy groups -OCH3 is 2. The van der Waals surface area contributed by atoms with Crippen molar-refractivity contribution in [1.82, 2.24) is 0 Å². The van der Waals surface area contributed by atoms with Crippen LogP contribution in [0.4, 0.5) is 5.69 Å². The average Bonchev–Trinajstić information content (AvgIpc) is 3.02. The van der Waals surface area contributed by atoms with Crippen molar-refractivity contribution < 1.29 is 24.1 Å². The lowest BCUT2D eigenvalue weighted by atomic mass is 10.1. The summed E-state index contributed by atoms with van der Waals surface area (Å²) < 4.78 is 15.8. The van der Waals surface area contributed by atoms with Gasteiger partial charge in [0.1, 0.15) is 27.9 Å². The summed E-state index contributed by atoms with van der Waals surface area (Å²) in [4.78, 5) is 17.5. The first-order chi connectivity index (χ1) is 14.5. The van der Waals surface area contributed by atoms with Gasteiger partial charge in [-0.05, 0) is 49.4 Å². The summed E-state index contributed by atoms with van der Waals surface area (Å²) in [5.41, 5.74) is 1.24. The second kappa shape index (κ2) is 9.73. The number of carbonyl (C=O) groups is 1. The zero-order chi connectivity index (χ0) is 21.7. The first-order valence-corrected chi connectivity index (χ1v) is 10.2. The third-order valence-electron chi connectivity index (χ3n) is 4.13. The van der Waals surface area contributed by atoms with Crippen LogP contribution in [-0.4, -0.2) is 36.9 Å². The van der Waals surface area contributed by atoms with Crippen LogP contribution in [0.5, 0.6) is 11.5 Å². The molecule has 0 saturated carbocycles. The molecule has 0 amide bonds. The molecule has 0 aliphatic carbocycles. The third kappa shape index (κ3) is 4.80. The molecule has 1 aliphatic rings. The molecule has 30 heavy (non-hydrogen) atoms. The molecule has 0 aromatic heterocycles. The number of thioether (sulfide) groups is 1. The molecular weight excluding hydrogens is 426 g/mol. The van der Waals surface area contributed by atoms with Crippen LogP contribution in [0.3, 0.4) is 0 Å². The molecule has 0 fully saturated rings. The fourth-order valence-electron chi connectivity index (χ4n) is 2.75. The number of hydrogen-bond donors (Lipinski definition) is 1. The van der Waals surface area contributed by atoms with Crippen LogP contribution >= 0.6 is 23.4 Å². The van der Waals surface area contributed by atoms with E-state index in [1.54, 1.807) is 69.7 Å². The van der Waals surface area contributed by atoms with E-state index in [2.05, 4.69) is 4.99 Å². The number of benzene rings is 2. The van der Waals surface area contributed by atoms with Gasteiger partial charge in [-0.3, -0.25) is 0 Å². The Kier molecular flexibility index (Phi) is 7.07. The second-order valence-electron chi connectivity index (χ2n) is 6.06. The van der Waals surface area contributed by atoms with Crippen molar-refractivity contribution in [3.05, 3.63) is 69.3 Å². The quantitative estimate of drug-likeness (QED) is 0.587. The van der Waals surface area contributed by atoms with Gasteiger partial charge in [0, 0.05) is 10.6 Å². The van der Waals surface area contributed by atoms with Gasteiger partial charge in [-0.25, -0.2) is 9.79 Å². The lowest BCUT2D eigenvalue weighted by Crippen LogP contribution is -2.12. The van der Waals surface area contributed by atoms with Crippen LogP contribution in [-0.2, 0) is 9.53 Å². The van der Waals surface area contributed by atoms with Crippen molar-refractivity contribution in [2.75, 3.05) is 20.8 Å². The SMILES string of the molecule is CCOC(=O)C1=C(O)C(=Cc2cc(OC)ccc2OC)SC1=Nc1cccc(Cl)c1. The topological polar surface area (TPSA) is 77.4 Å². The third-order valence-corrected chi connectivity index (χ3v) is 5.39. The maximum atomic E-state index is 12.5. The number of esters is 1. The molecule has 0 bridgehead atoms. The summed E-state index contributed by atoms with van der Waals surface area (Å²) in [5.74, 6) is 0.371. The number of rotatable bonds is 6. The molecule has 1 heterocycles. The predicted octanol–water partition coefficient (Wildman–Crippen LogP) is 5.55. The van der Waals surface area contributed by atoms with Crippen LogP contribution in [0.2, 0.25) is 5.02 Å². The highest BCUT2D eigenvalue weighted by molar-refractivity contribution is 8.18. The Bertz CT molecular complexity index is 1060. The zero-order valence-corrected chi connectivity index (χ0v) is 18.2. The number of carbonyl (C=O) groups excluding carboxylic acids is 1. The highest BCUT2D eigenvalue weighted by atomic mass is 35.5. The molecule has 0 spiro atoms. The van der Waals surface area contributed by atoms with E-state index in [0.29, 0.717) is 37.7 Å².